The minimum atomic E-state index is -0.453. The van der Waals surface area contributed by atoms with E-state index in [1.165, 1.54) is 12.8 Å². The van der Waals surface area contributed by atoms with E-state index < -0.39 is 5.60 Å². The summed E-state index contributed by atoms with van der Waals surface area (Å²) < 4.78 is 17.0. The number of likely N-dealkylation sites (tertiary alicyclic amines) is 1. The summed E-state index contributed by atoms with van der Waals surface area (Å²) >= 11 is 7.88. The van der Waals surface area contributed by atoms with Crippen LogP contribution in [0.2, 0.25) is 5.02 Å². The first-order valence-corrected chi connectivity index (χ1v) is 18.6. The number of piperidine rings is 1. The van der Waals surface area contributed by atoms with Crippen LogP contribution in [-0.2, 0) is 9.47 Å². The van der Waals surface area contributed by atoms with Crippen molar-refractivity contribution in [2.24, 2.45) is 5.41 Å². The lowest BCUT2D eigenvalue weighted by Gasteiger charge is -2.45. The van der Waals surface area contributed by atoms with Gasteiger partial charge in [0.2, 0.25) is 5.95 Å². The van der Waals surface area contributed by atoms with Crippen molar-refractivity contribution in [3.8, 4) is 0 Å². The van der Waals surface area contributed by atoms with E-state index in [0.29, 0.717) is 29.7 Å². The summed E-state index contributed by atoms with van der Waals surface area (Å²) in [4.78, 5) is 37.7. The van der Waals surface area contributed by atoms with E-state index >= 15 is 0 Å². The molecule has 3 aliphatic rings. The Morgan fingerprint density at radius 3 is 2.50 bits per heavy atom. The van der Waals surface area contributed by atoms with Crippen LogP contribution in [0.5, 0.6) is 0 Å². The first-order chi connectivity index (χ1) is 23.0. The molecule has 2 aromatic heterocycles. The van der Waals surface area contributed by atoms with Gasteiger partial charge < -0.3 is 19.7 Å². The monoisotopic (exact) mass is 696 g/mol. The number of fused-ring (bicyclic) bond motifs is 1. The van der Waals surface area contributed by atoms with Gasteiger partial charge in [-0.05, 0) is 126 Å². The Morgan fingerprint density at radius 1 is 1.08 bits per heavy atom. The topological polar surface area (TPSA) is 111 Å². The van der Waals surface area contributed by atoms with Crippen LogP contribution in [-0.4, -0.2) is 63.5 Å². The van der Waals surface area contributed by atoms with Crippen LogP contribution in [0.25, 0.3) is 11.0 Å². The summed E-state index contributed by atoms with van der Waals surface area (Å²) in [6.45, 7) is 10.8. The van der Waals surface area contributed by atoms with E-state index in [-0.39, 0.29) is 22.7 Å². The van der Waals surface area contributed by atoms with Crippen LogP contribution in [0, 0.1) is 12.3 Å². The standard InChI is InChI=1S/C36H49ClN6O4S/c1-24-21-28(9-10-30(24)40-33-38-23-25-22-29(37)32(44)43(31(25)41-33)26-7-5-6-8-26)48-39-17-20-46-27-11-13-36(14-12-27)15-18-42(19-16-36)34(45)47-35(2,3)4/h9-10,21-23,26-27,39H,5-8,11-20H2,1-4H3,(H,38,40,41). The number of aryl methyl sites for hydroxylation is 1. The predicted molar refractivity (Wildman–Crippen MR) is 192 cm³/mol. The van der Waals surface area contributed by atoms with Gasteiger partial charge in [-0.2, -0.15) is 4.98 Å². The third kappa shape index (κ3) is 8.46. The molecule has 2 saturated carbocycles. The number of carbonyl (C=O) groups is 1. The van der Waals surface area contributed by atoms with Crippen molar-refractivity contribution in [3.63, 3.8) is 0 Å². The molecule has 0 bridgehead atoms. The molecule has 2 N–H and O–H groups in total. The van der Waals surface area contributed by atoms with E-state index in [1.54, 1.807) is 28.8 Å². The van der Waals surface area contributed by atoms with Crippen LogP contribution in [0.15, 0.2) is 40.2 Å². The average Bonchev–Trinajstić information content (AvgIpc) is 3.58. The maximum absolute atomic E-state index is 13.0. The van der Waals surface area contributed by atoms with Crippen LogP contribution < -0.4 is 15.6 Å². The molecule has 0 unspecified atom stereocenters. The van der Waals surface area contributed by atoms with Crippen molar-refractivity contribution in [1.29, 1.82) is 0 Å². The fraction of sp³-hybridized carbons (Fsp3) is 0.611. The van der Waals surface area contributed by atoms with Gasteiger partial charge >= 0.3 is 6.09 Å². The lowest BCUT2D eigenvalue weighted by molar-refractivity contribution is -0.0279. The molecule has 3 fully saturated rings. The molecule has 1 amide bonds. The maximum Gasteiger partial charge on any atom is 0.410 e. The predicted octanol–water partition coefficient (Wildman–Crippen LogP) is 8.19. The van der Waals surface area contributed by atoms with Gasteiger partial charge in [-0.3, -0.25) is 14.1 Å². The van der Waals surface area contributed by atoms with Crippen molar-refractivity contribution >= 4 is 52.3 Å². The Kier molecular flexibility index (Phi) is 10.9. The fourth-order valence-electron chi connectivity index (χ4n) is 7.37. The number of carbonyl (C=O) groups excluding carboxylic acids is 1. The average molecular weight is 697 g/mol. The van der Waals surface area contributed by atoms with Gasteiger partial charge in [0.25, 0.3) is 5.56 Å². The normalized spacial score (nSPS) is 18.9. The number of nitrogens with one attached hydrogen (secondary N) is 2. The highest BCUT2D eigenvalue weighted by Crippen LogP contribution is 2.45. The fourth-order valence-corrected chi connectivity index (χ4v) is 8.30. The smallest absolute Gasteiger partial charge is 0.410 e. The number of hydrogen-bond donors (Lipinski definition) is 2. The van der Waals surface area contributed by atoms with Gasteiger partial charge in [-0.25, -0.2) is 9.78 Å². The van der Waals surface area contributed by atoms with Crippen molar-refractivity contribution in [3.05, 3.63) is 51.4 Å². The molecule has 3 heterocycles. The van der Waals surface area contributed by atoms with E-state index in [1.807, 2.05) is 31.7 Å². The summed E-state index contributed by atoms with van der Waals surface area (Å²) in [5.41, 5.74) is 2.31. The molecule has 48 heavy (non-hydrogen) atoms. The third-order valence-corrected chi connectivity index (χ3v) is 11.2. The van der Waals surface area contributed by atoms with E-state index in [9.17, 15) is 9.59 Å². The number of benzene rings is 1. The summed E-state index contributed by atoms with van der Waals surface area (Å²) in [7, 11) is 0. The van der Waals surface area contributed by atoms with Crippen molar-refractivity contribution in [2.75, 3.05) is 31.6 Å². The molecule has 0 radical (unpaired) electrons. The Bertz CT molecular complexity index is 1650. The zero-order valence-electron chi connectivity index (χ0n) is 28.6. The van der Waals surface area contributed by atoms with Crippen LogP contribution >= 0.6 is 23.5 Å². The molecular formula is C36H49ClN6O4S. The molecule has 1 aromatic carbocycles. The number of halogens is 1. The number of pyridine rings is 1. The molecular weight excluding hydrogens is 648 g/mol. The minimum Gasteiger partial charge on any atom is -0.444 e. The summed E-state index contributed by atoms with van der Waals surface area (Å²) in [5.74, 6) is 0.453. The molecule has 6 rings (SSSR count). The molecule has 260 valence electrons. The van der Waals surface area contributed by atoms with Gasteiger partial charge in [0.15, 0.2) is 0 Å². The number of rotatable bonds is 9. The number of aromatic nitrogens is 3. The molecule has 1 saturated heterocycles. The molecule has 2 aliphatic carbocycles. The van der Waals surface area contributed by atoms with Gasteiger partial charge in [-0.1, -0.05) is 24.4 Å². The van der Waals surface area contributed by atoms with Crippen LogP contribution in [0.3, 0.4) is 0 Å². The van der Waals surface area contributed by atoms with Gasteiger partial charge in [0.05, 0.1) is 12.7 Å². The van der Waals surface area contributed by atoms with Gasteiger partial charge in [0, 0.05) is 47.8 Å². The van der Waals surface area contributed by atoms with E-state index in [0.717, 1.165) is 92.5 Å². The van der Waals surface area contributed by atoms with Crippen molar-refractivity contribution in [1.82, 2.24) is 24.2 Å². The molecule has 3 aromatic rings. The summed E-state index contributed by atoms with van der Waals surface area (Å²) in [5, 5.41) is 4.32. The van der Waals surface area contributed by atoms with E-state index in [4.69, 9.17) is 26.1 Å². The second-order valence-corrected chi connectivity index (χ2v) is 16.1. The Labute approximate surface area is 292 Å². The number of nitrogens with zero attached hydrogens (tertiary/aromatic N) is 4. The lowest BCUT2D eigenvalue weighted by atomic mass is 9.67. The second kappa shape index (κ2) is 14.9. The summed E-state index contributed by atoms with van der Waals surface area (Å²) in [6, 6.07) is 8.01. The zero-order valence-corrected chi connectivity index (χ0v) is 30.2. The molecule has 12 heteroatoms. The Balaban J connectivity index is 0.935. The highest BCUT2D eigenvalue weighted by atomic mass is 35.5. The first-order valence-electron chi connectivity index (χ1n) is 17.4. The summed E-state index contributed by atoms with van der Waals surface area (Å²) in [6.07, 6.45) is 12.6. The van der Waals surface area contributed by atoms with Gasteiger partial charge in [0.1, 0.15) is 16.3 Å². The van der Waals surface area contributed by atoms with Crippen molar-refractivity contribution in [2.45, 2.75) is 115 Å². The van der Waals surface area contributed by atoms with Crippen LogP contribution in [0.1, 0.15) is 96.6 Å². The SMILES string of the molecule is Cc1cc(SNCCOC2CCC3(CC2)CCN(C(=O)OC(C)(C)C)CC3)ccc1Nc1ncc2cc(Cl)c(=O)n(C3CCCC3)c2n1. The lowest BCUT2D eigenvalue weighted by Crippen LogP contribution is -2.46. The number of anilines is 2. The number of hydrogen-bond acceptors (Lipinski definition) is 9. The first kappa shape index (κ1) is 35.0. The van der Waals surface area contributed by atoms with Crippen molar-refractivity contribution < 1.29 is 14.3 Å². The quantitative estimate of drug-likeness (QED) is 0.169. The van der Waals surface area contributed by atoms with E-state index in [2.05, 4.69) is 34.1 Å². The Hall–Kier alpha value is -2.86. The second-order valence-electron chi connectivity index (χ2n) is 14.7. The van der Waals surface area contributed by atoms with Crippen LogP contribution in [0.4, 0.5) is 16.4 Å². The molecule has 0 atom stereocenters. The molecule has 1 aliphatic heterocycles. The number of ether oxygens (including phenoxy) is 2. The largest absolute Gasteiger partial charge is 0.444 e. The highest BCUT2D eigenvalue weighted by molar-refractivity contribution is 7.97. The zero-order chi connectivity index (χ0) is 33.9. The van der Waals surface area contributed by atoms with Gasteiger partial charge in [-0.15, -0.1) is 0 Å². The third-order valence-electron chi connectivity index (χ3n) is 10.1. The Morgan fingerprint density at radius 2 is 1.81 bits per heavy atom. The highest BCUT2D eigenvalue weighted by Gasteiger charge is 2.40. The molecule has 1 spiro atoms. The number of amides is 1. The molecule has 10 nitrogen and oxygen atoms in total. The minimum absolute atomic E-state index is 0.120. The maximum atomic E-state index is 13.0.